The van der Waals surface area contributed by atoms with Gasteiger partial charge in [0.05, 0.1) is 12.2 Å². The van der Waals surface area contributed by atoms with E-state index in [1.165, 1.54) is 38.9 Å². The maximum Gasteiger partial charge on any atom is 0.0956 e. The Hall–Kier alpha value is -0.0800. The van der Waals surface area contributed by atoms with Crippen LogP contribution in [-0.2, 0) is 4.74 Å². The van der Waals surface area contributed by atoms with E-state index in [0.717, 1.165) is 12.5 Å². The van der Waals surface area contributed by atoms with Crippen molar-refractivity contribution in [3.63, 3.8) is 0 Å². The molecule has 3 fully saturated rings. The average molecular weight is 195 g/mol. The summed E-state index contributed by atoms with van der Waals surface area (Å²) in [4.78, 5) is 2.60. The summed E-state index contributed by atoms with van der Waals surface area (Å²) in [5.41, 5.74) is 1.01. The lowest BCUT2D eigenvalue weighted by atomic mass is 9.83. The van der Waals surface area contributed by atoms with Gasteiger partial charge in [-0.2, -0.15) is 0 Å². The van der Waals surface area contributed by atoms with Gasteiger partial charge in [-0.05, 0) is 24.2 Å². The van der Waals surface area contributed by atoms with Crippen molar-refractivity contribution in [1.82, 2.24) is 4.90 Å². The highest BCUT2D eigenvalue weighted by atomic mass is 16.5. The largest absolute Gasteiger partial charge is 0.372 e. The average Bonchev–Trinajstić information content (AvgIpc) is 2.72. The SMILES string of the molecule is CC(C)C1(CN2CC3(CCO3)C2)CC1. The highest BCUT2D eigenvalue weighted by Crippen LogP contribution is 2.53. The molecule has 1 aliphatic carbocycles. The third-order valence-corrected chi connectivity index (χ3v) is 4.64. The van der Waals surface area contributed by atoms with E-state index < -0.39 is 0 Å². The third-order valence-electron chi connectivity index (χ3n) is 4.64. The van der Waals surface area contributed by atoms with Gasteiger partial charge in [0, 0.05) is 26.1 Å². The standard InChI is InChI=1S/C12H21NO/c1-10(2)11(3-4-11)7-13-8-12(9-13)5-6-14-12/h10H,3-9H2,1-2H3. The van der Waals surface area contributed by atoms with Crippen LogP contribution in [0.4, 0.5) is 0 Å². The summed E-state index contributed by atoms with van der Waals surface area (Å²) in [5.74, 6) is 0.862. The molecule has 2 nitrogen and oxygen atoms in total. The molecule has 2 aliphatic heterocycles. The Balaban J connectivity index is 1.51. The Kier molecular flexibility index (Phi) is 1.79. The van der Waals surface area contributed by atoms with Crippen molar-refractivity contribution < 1.29 is 4.74 Å². The van der Waals surface area contributed by atoms with Crippen LogP contribution in [0, 0.1) is 11.3 Å². The van der Waals surface area contributed by atoms with Gasteiger partial charge in [-0.3, -0.25) is 4.90 Å². The van der Waals surface area contributed by atoms with Crippen LogP contribution in [0.3, 0.4) is 0 Å². The van der Waals surface area contributed by atoms with Crippen molar-refractivity contribution >= 4 is 0 Å². The monoisotopic (exact) mass is 195 g/mol. The summed E-state index contributed by atoms with van der Waals surface area (Å²) in [5, 5.41) is 0. The molecule has 14 heavy (non-hydrogen) atoms. The van der Waals surface area contributed by atoms with Gasteiger partial charge in [0.2, 0.25) is 0 Å². The number of hydrogen-bond donors (Lipinski definition) is 0. The lowest BCUT2D eigenvalue weighted by molar-refractivity contribution is -0.224. The van der Waals surface area contributed by atoms with Crippen LogP contribution in [-0.4, -0.2) is 36.7 Å². The first-order valence-electron chi connectivity index (χ1n) is 6.01. The second-order valence-corrected chi connectivity index (χ2v) is 5.94. The molecule has 2 saturated heterocycles. The molecule has 2 heterocycles. The number of ether oxygens (including phenoxy) is 1. The molecule has 0 bridgehead atoms. The summed E-state index contributed by atoms with van der Waals surface area (Å²) >= 11 is 0. The Labute approximate surface area is 86.6 Å². The maximum absolute atomic E-state index is 5.64. The van der Waals surface area contributed by atoms with Crippen LogP contribution in [0.2, 0.25) is 0 Å². The summed E-state index contributed by atoms with van der Waals surface area (Å²) in [6.07, 6.45) is 4.21. The fraction of sp³-hybridized carbons (Fsp3) is 1.00. The first-order chi connectivity index (χ1) is 6.64. The van der Waals surface area contributed by atoms with E-state index >= 15 is 0 Å². The van der Waals surface area contributed by atoms with Crippen molar-refractivity contribution in [2.75, 3.05) is 26.2 Å². The molecule has 1 saturated carbocycles. The zero-order valence-electron chi connectivity index (χ0n) is 9.38. The molecule has 3 rings (SSSR count). The van der Waals surface area contributed by atoms with E-state index in [1.54, 1.807) is 0 Å². The van der Waals surface area contributed by atoms with E-state index in [-0.39, 0.29) is 0 Å². The molecule has 0 atom stereocenters. The lowest BCUT2D eigenvalue weighted by Gasteiger charge is -2.56. The van der Waals surface area contributed by atoms with Gasteiger partial charge in [0.1, 0.15) is 0 Å². The zero-order chi connectivity index (χ0) is 9.81. The molecule has 0 aromatic carbocycles. The van der Waals surface area contributed by atoms with Gasteiger partial charge in [0.25, 0.3) is 0 Å². The summed E-state index contributed by atoms with van der Waals surface area (Å²) in [6, 6.07) is 0. The molecule has 0 aromatic rings. The smallest absolute Gasteiger partial charge is 0.0956 e. The molecular formula is C12H21NO. The van der Waals surface area contributed by atoms with Crippen LogP contribution in [0.15, 0.2) is 0 Å². The summed E-state index contributed by atoms with van der Waals surface area (Å²) < 4.78 is 5.64. The van der Waals surface area contributed by atoms with Crippen LogP contribution in [0.5, 0.6) is 0 Å². The topological polar surface area (TPSA) is 12.5 Å². The summed E-state index contributed by atoms with van der Waals surface area (Å²) in [7, 11) is 0. The second-order valence-electron chi connectivity index (χ2n) is 5.94. The minimum atomic E-state index is 0.326. The molecule has 0 aromatic heterocycles. The van der Waals surface area contributed by atoms with E-state index in [0.29, 0.717) is 11.0 Å². The Morgan fingerprint density at radius 2 is 1.86 bits per heavy atom. The predicted molar refractivity (Wildman–Crippen MR) is 56.2 cm³/mol. The molecule has 0 amide bonds. The third kappa shape index (κ3) is 1.24. The molecule has 0 radical (unpaired) electrons. The van der Waals surface area contributed by atoms with Crippen molar-refractivity contribution in [1.29, 1.82) is 0 Å². The highest BCUT2D eigenvalue weighted by molar-refractivity contribution is 5.06. The van der Waals surface area contributed by atoms with Gasteiger partial charge >= 0.3 is 0 Å². The molecule has 1 spiro atoms. The van der Waals surface area contributed by atoms with Crippen molar-refractivity contribution in [2.24, 2.45) is 11.3 Å². The predicted octanol–water partition coefficient (Wildman–Crippen LogP) is 1.90. The fourth-order valence-electron chi connectivity index (χ4n) is 3.04. The van der Waals surface area contributed by atoms with Gasteiger partial charge in [-0.25, -0.2) is 0 Å². The number of likely N-dealkylation sites (tertiary alicyclic amines) is 1. The van der Waals surface area contributed by atoms with Crippen molar-refractivity contribution in [3.05, 3.63) is 0 Å². The highest BCUT2D eigenvalue weighted by Gasteiger charge is 2.53. The molecule has 0 unspecified atom stereocenters. The van der Waals surface area contributed by atoms with Crippen LogP contribution < -0.4 is 0 Å². The molecule has 3 aliphatic rings. The van der Waals surface area contributed by atoms with E-state index in [1.807, 2.05) is 0 Å². The van der Waals surface area contributed by atoms with E-state index in [4.69, 9.17) is 4.74 Å². The Bertz CT molecular complexity index is 233. The zero-order valence-corrected chi connectivity index (χ0v) is 9.38. The molecule has 2 heteroatoms. The van der Waals surface area contributed by atoms with Gasteiger partial charge in [-0.1, -0.05) is 13.8 Å². The molecule has 0 N–H and O–H groups in total. The fourth-order valence-corrected chi connectivity index (χ4v) is 3.04. The second kappa shape index (κ2) is 2.73. The number of rotatable bonds is 3. The van der Waals surface area contributed by atoms with Crippen LogP contribution in [0.1, 0.15) is 33.1 Å². The van der Waals surface area contributed by atoms with Gasteiger partial charge in [0.15, 0.2) is 0 Å². The van der Waals surface area contributed by atoms with Gasteiger partial charge < -0.3 is 4.74 Å². The van der Waals surface area contributed by atoms with Gasteiger partial charge in [-0.15, -0.1) is 0 Å². The minimum absolute atomic E-state index is 0.326. The minimum Gasteiger partial charge on any atom is -0.372 e. The maximum atomic E-state index is 5.64. The molecular weight excluding hydrogens is 174 g/mol. The first kappa shape index (κ1) is 9.17. The number of nitrogens with zero attached hydrogens (tertiary/aromatic N) is 1. The lowest BCUT2D eigenvalue weighted by Crippen LogP contribution is -2.68. The molecule has 80 valence electrons. The van der Waals surface area contributed by atoms with E-state index in [9.17, 15) is 0 Å². The van der Waals surface area contributed by atoms with Crippen LogP contribution >= 0.6 is 0 Å². The van der Waals surface area contributed by atoms with Crippen molar-refractivity contribution in [3.8, 4) is 0 Å². The first-order valence-corrected chi connectivity index (χ1v) is 6.01. The van der Waals surface area contributed by atoms with E-state index in [2.05, 4.69) is 18.7 Å². The quantitative estimate of drug-likeness (QED) is 0.682. The Morgan fingerprint density at radius 1 is 1.21 bits per heavy atom. The van der Waals surface area contributed by atoms with Crippen molar-refractivity contribution in [2.45, 2.75) is 38.7 Å². The normalized spacial score (nSPS) is 32.8. The summed E-state index contributed by atoms with van der Waals surface area (Å²) in [6.45, 7) is 9.51. The number of hydrogen-bond acceptors (Lipinski definition) is 2. The Morgan fingerprint density at radius 3 is 2.21 bits per heavy atom. The van der Waals surface area contributed by atoms with Crippen LogP contribution in [0.25, 0.3) is 0 Å².